The maximum atomic E-state index is 13.4. The molecule has 1 saturated carbocycles. The maximum Gasteiger partial charge on any atom is 0.338 e. The Bertz CT molecular complexity index is 1490. The highest BCUT2D eigenvalue weighted by atomic mass is 32.1. The van der Waals surface area contributed by atoms with Crippen molar-refractivity contribution in [1.82, 2.24) is 9.27 Å². The fourth-order valence-electron chi connectivity index (χ4n) is 5.70. The number of hydrogen-bond acceptors (Lipinski definition) is 9. The number of ether oxygens (including phenoxy) is 3. The Kier molecular flexibility index (Phi) is 8.92. The van der Waals surface area contributed by atoms with Crippen LogP contribution in [0.2, 0.25) is 0 Å². The van der Waals surface area contributed by atoms with Crippen molar-refractivity contribution in [2.45, 2.75) is 57.1 Å². The first kappa shape index (κ1) is 29.8. The second-order valence-electron chi connectivity index (χ2n) is 11.6. The Morgan fingerprint density at radius 1 is 1.07 bits per heavy atom. The summed E-state index contributed by atoms with van der Waals surface area (Å²) >= 11 is 1.24. The minimum absolute atomic E-state index is 0.0978. The molecule has 3 aliphatic rings. The molecule has 0 bridgehead atoms. The lowest BCUT2D eigenvalue weighted by molar-refractivity contribution is -0.139. The zero-order chi connectivity index (χ0) is 30.6. The first-order valence-electron chi connectivity index (χ1n) is 15.1. The average Bonchev–Trinajstić information content (AvgIpc) is 3.55. The van der Waals surface area contributed by atoms with Gasteiger partial charge in [-0.2, -0.15) is 4.37 Å². The normalized spacial score (nSPS) is 20.5. The van der Waals surface area contributed by atoms with E-state index in [-0.39, 0.29) is 43.5 Å². The zero-order valence-corrected chi connectivity index (χ0v) is 25.4. The van der Waals surface area contributed by atoms with Crippen LogP contribution in [0.5, 0.6) is 5.75 Å². The van der Waals surface area contributed by atoms with Crippen LogP contribution in [0.15, 0.2) is 60.0 Å². The second-order valence-corrected chi connectivity index (χ2v) is 12.3. The lowest BCUT2D eigenvalue weighted by Crippen LogP contribution is -2.46. The van der Waals surface area contributed by atoms with Gasteiger partial charge in [0.2, 0.25) is 5.91 Å². The topological polar surface area (TPSA) is 115 Å². The SMILES string of the molecule is CC(COc1ccc(C(=O)O[C@H]2CCCN(C(=O)[C@H]3COC(=O)C3)C2)cc1)N(C(=O)c1ccsn1)c1ccc(C2CC2)cc1. The van der Waals surface area contributed by atoms with E-state index in [0.717, 1.165) is 5.69 Å². The van der Waals surface area contributed by atoms with E-state index in [9.17, 15) is 19.2 Å². The van der Waals surface area contributed by atoms with Gasteiger partial charge in [0.15, 0.2) is 0 Å². The Labute approximate surface area is 260 Å². The summed E-state index contributed by atoms with van der Waals surface area (Å²) in [6.45, 7) is 3.14. The summed E-state index contributed by atoms with van der Waals surface area (Å²) in [5.41, 5.74) is 2.85. The molecule has 1 aliphatic carbocycles. The number of cyclic esters (lactones) is 1. The third kappa shape index (κ3) is 6.93. The highest BCUT2D eigenvalue weighted by molar-refractivity contribution is 7.03. The van der Waals surface area contributed by atoms with Crippen LogP contribution in [0, 0.1) is 5.92 Å². The molecule has 2 saturated heterocycles. The second kappa shape index (κ2) is 13.2. The van der Waals surface area contributed by atoms with Crippen LogP contribution < -0.4 is 9.64 Å². The molecule has 0 N–H and O–H groups in total. The number of carbonyl (C=O) groups is 4. The van der Waals surface area contributed by atoms with E-state index in [1.807, 2.05) is 19.1 Å². The minimum Gasteiger partial charge on any atom is -0.491 e. The van der Waals surface area contributed by atoms with Crippen LogP contribution in [0.1, 0.15) is 71.4 Å². The molecule has 3 aromatic rings. The van der Waals surface area contributed by atoms with Gasteiger partial charge >= 0.3 is 11.9 Å². The predicted molar refractivity (Wildman–Crippen MR) is 163 cm³/mol. The summed E-state index contributed by atoms with van der Waals surface area (Å²) in [5.74, 6) is -0.427. The molecular formula is C33H35N3O7S. The van der Waals surface area contributed by atoms with Crippen molar-refractivity contribution in [3.63, 3.8) is 0 Å². The van der Waals surface area contributed by atoms with Crippen LogP contribution in [0.3, 0.4) is 0 Å². The molecule has 1 unspecified atom stereocenters. The number of aromatic nitrogens is 1. The van der Waals surface area contributed by atoms with Gasteiger partial charge in [-0.25, -0.2) is 4.79 Å². The molecule has 3 fully saturated rings. The molecule has 0 spiro atoms. The van der Waals surface area contributed by atoms with E-state index < -0.39 is 18.0 Å². The number of carbonyl (C=O) groups excluding carboxylic acids is 4. The Balaban J connectivity index is 1.04. The van der Waals surface area contributed by atoms with Crippen molar-refractivity contribution >= 4 is 41.0 Å². The van der Waals surface area contributed by atoms with Gasteiger partial charge in [-0.15, -0.1) is 0 Å². The molecular weight excluding hydrogens is 582 g/mol. The van der Waals surface area contributed by atoms with Crippen molar-refractivity contribution in [3.8, 4) is 5.75 Å². The number of likely N-dealkylation sites (tertiary alicyclic amines) is 1. The lowest BCUT2D eigenvalue weighted by atomic mass is 10.0. The number of esters is 2. The number of amides is 2. The molecule has 6 rings (SSSR count). The standard InChI is InChI=1S/C33H35N3O7S/c1-21(36(32(39)29-14-16-44-34-29)26-10-6-23(7-11-26)22-4-5-22)19-41-27-12-8-24(9-13-27)33(40)43-28-3-2-15-35(18-28)31(38)25-17-30(37)42-20-25/h6-14,16,21-22,25,28H,2-5,15,17-20H2,1H3/t21?,25-,28+/m1/s1. The fraction of sp³-hybridized carbons (Fsp3) is 0.424. The summed E-state index contributed by atoms with van der Waals surface area (Å²) < 4.78 is 21.0. The van der Waals surface area contributed by atoms with Gasteiger partial charge in [-0.05, 0) is 98.1 Å². The smallest absolute Gasteiger partial charge is 0.338 e. The molecule has 10 nitrogen and oxygen atoms in total. The molecule has 3 atom stereocenters. The van der Waals surface area contributed by atoms with Crippen LogP contribution in [0.4, 0.5) is 5.69 Å². The molecule has 44 heavy (non-hydrogen) atoms. The average molecular weight is 618 g/mol. The van der Waals surface area contributed by atoms with E-state index in [1.165, 1.54) is 29.9 Å². The summed E-state index contributed by atoms with van der Waals surface area (Å²) in [5, 5.41) is 1.79. The monoisotopic (exact) mass is 617 g/mol. The number of benzene rings is 2. The predicted octanol–water partition coefficient (Wildman–Crippen LogP) is 4.85. The molecule has 1 aromatic heterocycles. The van der Waals surface area contributed by atoms with Crippen molar-refractivity contribution < 1.29 is 33.4 Å². The van der Waals surface area contributed by atoms with Crippen molar-refractivity contribution in [2.75, 3.05) is 31.2 Å². The van der Waals surface area contributed by atoms with Crippen molar-refractivity contribution in [3.05, 3.63) is 76.8 Å². The zero-order valence-electron chi connectivity index (χ0n) is 24.6. The Hall–Kier alpha value is -4.25. The van der Waals surface area contributed by atoms with E-state index in [4.69, 9.17) is 14.2 Å². The van der Waals surface area contributed by atoms with Gasteiger partial charge in [0.25, 0.3) is 5.91 Å². The molecule has 2 aliphatic heterocycles. The van der Waals surface area contributed by atoms with Crippen LogP contribution in [-0.4, -0.2) is 71.5 Å². The number of rotatable bonds is 10. The highest BCUT2D eigenvalue weighted by Gasteiger charge is 2.36. The number of nitrogens with zero attached hydrogens (tertiary/aromatic N) is 3. The maximum absolute atomic E-state index is 13.4. The van der Waals surface area contributed by atoms with Crippen LogP contribution in [0.25, 0.3) is 0 Å². The fourth-order valence-corrected chi connectivity index (χ4v) is 6.21. The number of hydrogen-bond donors (Lipinski definition) is 0. The number of piperidine rings is 1. The van der Waals surface area contributed by atoms with Crippen molar-refractivity contribution in [1.29, 1.82) is 0 Å². The highest BCUT2D eigenvalue weighted by Crippen LogP contribution is 2.40. The molecule has 3 heterocycles. The molecule has 11 heteroatoms. The quantitative estimate of drug-likeness (QED) is 0.297. The van der Waals surface area contributed by atoms with Gasteiger partial charge < -0.3 is 24.0 Å². The van der Waals surface area contributed by atoms with Crippen molar-refractivity contribution in [2.24, 2.45) is 5.92 Å². The van der Waals surface area contributed by atoms with Gasteiger partial charge in [0.05, 0.1) is 30.5 Å². The van der Waals surface area contributed by atoms with E-state index in [1.54, 1.807) is 45.5 Å². The van der Waals surface area contributed by atoms with E-state index >= 15 is 0 Å². The summed E-state index contributed by atoms with van der Waals surface area (Å²) in [6.07, 6.45) is 3.47. The minimum atomic E-state index is -0.474. The van der Waals surface area contributed by atoms with E-state index in [2.05, 4.69) is 16.5 Å². The Morgan fingerprint density at radius 3 is 2.50 bits per heavy atom. The molecule has 0 radical (unpaired) electrons. The largest absolute Gasteiger partial charge is 0.491 e. The third-order valence-corrected chi connectivity index (χ3v) is 8.85. The first-order valence-corrected chi connectivity index (χ1v) is 15.9. The van der Waals surface area contributed by atoms with Gasteiger partial charge in [0.1, 0.15) is 30.8 Å². The number of anilines is 1. The summed E-state index contributed by atoms with van der Waals surface area (Å²) in [6, 6.07) is 16.3. The lowest BCUT2D eigenvalue weighted by Gasteiger charge is -2.33. The third-order valence-electron chi connectivity index (χ3n) is 8.29. The van der Waals surface area contributed by atoms with Gasteiger partial charge in [-0.1, -0.05) is 12.1 Å². The van der Waals surface area contributed by atoms with E-state index in [0.29, 0.717) is 48.9 Å². The van der Waals surface area contributed by atoms with Gasteiger partial charge in [0, 0.05) is 17.6 Å². The Morgan fingerprint density at radius 2 is 1.84 bits per heavy atom. The van der Waals surface area contributed by atoms with Crippen LogP contribution in [-0.2, 0) is 19.1 Å². The molecule has 230 valence electrons. The summed E-state index contributed by atoms with van der Waals surface area (Å²) in [7, 11) is 0. The first-order chi connectivity index (χ1) is 21.4. The summed E-state index contributed by atoms with van der Waals surface area (Å²) in [4.78, 5) is 53.9. The van der Waals surface area contributed by atoms with Gasteiger partial charge in [-0.3, -0.25) is 14.4 Å². The van der Waals surface area contributed by atoms with Crippen LogP contribution >= 0.6 is 11.5 Å². The molecule has 2 aromatic carbocycles. The molecule has 2 amide bonds.